The van der Waals surface area contributed by atoms with Gasteiger partial charge in [0, 0.05) is 61.0 Å². The highest BCUT2D eigenvalue weighted by atomic mass is 19.1. The summed E-state index contributed by atoms with van der Waals surface area (Å²) in [4.78, 5) is 43.1. The van der Waals surface area contributed by atoms with E-state index in [-0.39, 0.29) is 24.1 Å². The maximum Gasteiger partial charge on any atom is 0.253 e. The molecule has 0 spiro atoms. The number of aromatic amines is 1. The van der Waals surface area contributed by atoms with Crippen LogP contribution >= 0.6 is 0 Å². The van der Waals surface area contributed by atoms with Gasteiger partial charge in [0.05, 0.1) is 0 Å². The van der Waals surface area contributed by atoms with Crippen molar-refractivity contribution in [3.8, 4) is 0 Å². The first-order valence-electron chi connectivity index (χ1n) is 13.7. The summed E-state index contributed by atoms with van der Waals surface area (Å²) in [6.07, 6.45) is 3.21. The van der Waals surface area contributed by atoms with Gasteiger partial charge in [-0.2, -0.15) is 0 Å². The largest absolute Gasteiger partial charge is 0.381 e. The van der Waals surface area contributed by atoms with Gasteiger partial charge < -0.3 is 25.3 Å². The highest BCUT2D eigenvalue weighted by Gasteiger charge is 2.23. The number of aryl methyl sites for hydroxylation is 2. The van der Waals surface area contributed by atoms with Crippen molar-refractivity contribution in [2.75, 3.05) is 30.5 Å². The van der Waals surface area contributed by atoms with Crippen LogP contribution in [0.5, 0.6) is 0 Å². The van der Waals surface area contributed by atoms with E-state index in [0.717, 1.165) is 47.0 Å². The van der Waals surface area contributed by atoms with Gasteiger partial charge >= 0.3 is 0 Å². The molecule has 0 saturated carbocycles. The molecule has 2 aromatic carbocycles. The fraction of sp³-hybridized carbons (Fsp3) is 0.344. The summed E-state index contributed by atoms with van der Waals surface area (Å²) in [7, 11) is 2.02. The highest BCUT2D eigenvalue weighted by molar-refractivity contribution is 5.99. The van der Waals surface area contributed by atoms with Crippen molar-refractivity contribution in [1.29, 1.82) is 0 Å². The monoisotopic (exact) mass is 560 g/mol. The van der Waals surface area contributed by atoms with Gasteiger partial charge in [-0.3, -0.25) is 14.4 Å². The normalized spacial score (nSPS) is 13.5. The molecule has 41 heavy (non-hydrogen) atoms. The molecule has 1 aliphatic heterocycles. The first kappa shape index (κ1) is 29.7. The molecular weight excluding hydrogens is 523 g/mol. The van der Waals surface area contributed by atoms with Crippen molar-refractivity contribution in [3.63, 3.8) is 0 Å². The molecule has 2 amide bonds. The Morgan fingerprint density at radius 2 is 1.88 bits per heavy atom. The lowest BCUT2D eigenvalue weighted by Gasteiger charge is -2.34. The maximum atomic E-state index is 14.1. The molecule has 2 heterocycles. The average Bonchev–Trinajstić information content (AvgIpc) is 2.94. The number of ether oxygens (including phenoxy) is 1. The van der Waals surface area contributed by atoms with Gasteiger partial charge in [-0.25, -0.2) is 4.39 Å². The maximum absolute atomic E-state index is 14.1. The second kappa shape index (κ2) is 13.0. The SMILES string of the molecule is C=CC(=O)Nc1cc(F)ccc1Cc1cc(C(=O)NCc2c(C)cc(C)[nH]c2=O)c(C)c(N(C)C2CCOCC2)c1. The topological polar surface area (TPSA) is 104 Å². The standard InChI is InChI=1S/C32H37FN4O4/c1-6-30(38)36-28-17-24(33)8-7-23(28)14-22-15-26(21(4)29(16-22)37(5)25-9-11-41-12-10-25)31(39)34-18-27-19(2)13-20(3)35-32(27)40/h6-8,13,15-17,25H,1,9-12,14,18H2,2-5H3,(H,34,39)(H,35,40)(H,36,38). The van der Waals surface area contributed by atoms with Crippen LogP contribution in [0.2, 0.25) is 0 Å². The van der Waals surface area contributed by atoms with Crippen molar-refractivity contribution in [2.45, 2.75) is 52.6 Å². The zero-order chi connectivity index (χ0) is 29.7. The average molecular weight is 561 g/mol. The van der Waals surface area contributed by atoms with Crippen molar-refractivity contribution in [3.05, 3.63) is 104 Å². The second-order valence-corrected chi connectivity index (χ2v) is 10.5. The van der Waals surface area contributed by atoms with Crippen LogP contribution in [0.25, 0.3) is 0 Å². The lowest BCUT2D eigenvalue weighted by molar-refractivity contribution is -0.111. The molecule has 1 fully saturated rings. The van der Waals surface area contributed by atoms with E-state index in [0.29, 0.717) is 42.0 Å². The number of halogens is 1. The van der Waals surface area contributed by atoms with Crippen LogP contribution in [-0.4, -0.2) is 43.1 Å². The Labute approximate surface area is 239 Å². The molecule has 1 saturated heterocycles. The molecule has 216 valence electrons. The summed E-state index contributed by atoms with van der Waals surface area (Å²) in [6, 6.07) is 10.2. The molecule has 0 bridgehead atoms. The van der Waals surface area contributed by atoms with E-state index in [1.54, 1.807) is 6.07 Å². The summed E-state index contributed by atoms with van der Waals surface area (Å²) in [5.41, 5.74) is 5.91. The molecule has 1 aliphatic rings. The predicted octanol–water partition coefficient (Wildman–Crippen LogP) is 4.70. The van der Waals surface area contributed by atoms with Gasteiger partial charge in [0.2, 0.25) is 5.91 Å². The van der Waals surface area contributed by atoms with E-state index >= 15 is 0 Å². The summed E-state index contributed by atoms with van der Waals surface area (Å²) in [5.74, 6) is -1.22. The van der Waals surface area contributed by atoms with Gasteiger partial charge in [-0.1, -0.05) is 12.6 Å². The first-order valence-corrected chi connectivity index (χ1v) is 13.7. The fourth-order valence-corrected chi connectivity index (χ4v) is 5.32. The van der Waals surface area contributed by atoms with Crippen molar-refractivity contribution in [2.24, 2.45) is 0 Å². The Kier molecular flexibility index (Phi) is 9.39. The van der Waals surface area contributed by atoms with Crippen LogP contribution in [0.1, 0.15) is 56.7 Å². The molecule has 3 N–H and O–H groups in total. The van der Waals surface area contributed by atoms with Crippen molar-refractivity contribution >= 4 is 23.2 Å². The number of amides is 2. The molecule has 3 aromatic rings. The second-order valence-electron chi connectivity index (χ2n) is 10.5. The number of hydrogen-bond donors (Lipinski definition) is 3. The van der Waals surface area contributed by atoms with Crippen LogP contribution in [0.15, 0.2) is 53.8 Å². The number of H-pyrrole nitrogens is 1. The Morgan fingerprint density at radius 3 is 2.56 bits per heavy atom. The zero-order valence-corrected chi connectivity index (χ0v) is 24.0. The Balaban J connectivity index is 1.71. The van der Waals surface area contributed by atoms with Crippen molar-refractivity contribution in [1.82, 2.24) is 10.3 Å². The van der Waals surface area contributed by atoms with Crippen LogP contribution in [0.4, 0.5) is 15.8 Å². The zero-order valence-electron chi connectivity index (χ0n) is 24.0. The summed E-state index contributed by atoms with van der Waals surface area (Å²) < 4.78 is 19.6. The number of anilines is 2. The molecule has 9 heteroatoms. The number of pyridine rings is 1. The summed E-state index contributed by atoms with van der Waals surface area (Å²) >= 11 is 0. The number of nitrogens with one attached hydrogen (secondary N) is 3. The van der Waals surface area contributed by atoms with Gasteiger partial charge in [-0.05, 0) is 98.7 Å². The van der Waals surface area contributed by atoms with Crippen LogP contribution < -0.4 is 21.1 Å². The number of nitrogens with zero attached hydrogens (tertiary/aromatic N) is 1. The number of benzene rings is 2. The molecule has 0 unspecified atom stereocenters. The predicted molar refractivity (Wildman–Crippen MR) is 159 cm³/mol. The first-order chi connectivity index (χ1) is 19.6. The minimum atomic E-state index is -0.474. The van der Waals surface area contributed by atoms with Gasteiger partial charge in [0.1, 0.15) is 5.82 Å². The van der Waals surface area contributed by atoms with Crippen molar-refractivity contribution < 1.29 is 18.7 Å². The smallest absolute Gasteiger partial charge is 0.253 e. The third-order valence-corrected chi connectivity index (χ3v) is 7.63. The van der Waals surface area contributed by atoms with E-state index in [4.69, 9.17) is 4.74 Å². The number of rotatable bonds is 9. The number of hydrogen-bond acceptors (Lipinski definition) is 5. The Morgan fingerprint density at radius 1 is 1.15 bits per heavy atom. The molecule has 4 rings (SSSR count). The molecule has 8 nitrogen and oxygen atoms in total. The van der Waals surface area contributed by atoms with Gasteiger partial charge in [0.25, 0.3) is 11.5 Å². The molecule has 0 atom stereocenters. The third-order valence-electron chi connectivity index (χ3n) is 7.63. The fourth-order valence-electron chi connectivity index (χ4n) is 5.32. The minimum Gasteiger partial charge on any atom is -0.381 e. The summed E-state index contributed by atoms with van der Waals surface area (Å²) in [6.45, 7) is 10.5. The number of carbonyl (C=O) groups is 2. The number of carbonyl (C=O) groups excluding carboxylic acids is 2. The van der Waals surface area contributed by atoms with E-state index in [1.807, 2.05) is 46.0 Å². The van der Waals surface area contributed by atoms with Gasteiger partial charge in [0.15, 0.2) is 0 Å². The van der Waals surface area contributed by atoms with Crippen LogP contribution in [0, 0.1) is 26.6 Å². The quantitative estimate of drug-likeness (QED) is 0.329. The molecule has 0 aliphatic carbocycles. The van der Waals surface area contributed by atoms with Crippen LogP contribution in [0.3, 0.4) is 0 Å². The highest BCUT2D eigenvalue weighted by Crippen LogP contribution is 2.31. The third kappa shape index (κ3) is 7.10. The Hall–Kier alpha value is -4.24. The minimum absolute atomic E-state index is 0.0881. The van der Waals surface area contributed by atoms with E-state index in [1.165, 1.54) is 12.1 Å². The van der Waals surface area contributed by atoms with Gasteiger partial charge in [-0.15, -0.1) is 0 Å². The van der Waals surface area contributed by atoms with Crippen LogP contribution in [-0.2, 0) is 22.5 Å². The number of aromatic nitrogens is 1. The van der Waals surface area contributed by atoms with E-state index < -0.39 is 11.7 Å². The lowest BCUT2D eigenvalue weighted by atomic mass is 9.95. The van der Waals surface area contributed by atoms with E-state index in [9.17, 15) is 18.8 Å². The summed E-state index contributed by atoms with van der Waals surface area (Å²) in [5, 5.41) is 5.61. The van der Waals surface area contributed by atoms with E-state index in [2.05, 4.69) is 27.1 Å². The Bertz CT molecular complexity index is 1520. The lowest BCUT2D eigenvalue weighted by Crippen LogP contribution is -2.37. The molecule has 0 radical (unpaired) electrons. The molecule has 1 aromatic heterocycles. The molecular formula is C32H37FN4O4.